The minimum Gasteiger partial charge on any atom is -0.302 e. The number of sulfonamides is 1. The summed E-state index contributed by atoms with van der Waals surface area (Å²) in [6.07, 6.45) is 5.86. The molecule has 0 spiro atoms. The number of rotatable bonds is 5. The van der Waals surface area contributed by atoms with Crippen LogP contribution in [-0.4, -0.2) is 49.7 Å². The molecule has 1 aliphatic rings. The zero-order valence-electron chi connectivity index (χ0n) is 12.4. The Kier molecular flexibility index (Phi) is 4.51. The molecule has 0 amide bonds. The molecule has 2 atom stereocenters. The second kappa shape index (κ2) is 5.83. The van der Waals surface area contributed by atoms with Crippen LogP contribution < -0.4 is 4.72 Å². The molecule has 20 heavy (non-hydrogen) atoms. The summed E-state index contributed by atoms with van der Waals surface area (Å²) in [6, 6.07) is 1.47. The van der Waals surface area contributed by atoms with Crippen molar-refractivity contribution in [1.29, 1.82) is 0 Å². The van der Waals surface area contributed by atoms with Gasteiger partial charge < -0.3 is 4.90 Å². The summed E-state index contributed by atoms with van der Waals surface area (Å²) < 4.78 is 27.1. The van der Waals surface area contributed by atoms with Crippen molar-refractivity contribution in [3.63, 3.8) is 0 Å². The Bertz CT molecular complexity index is 527. The predicted molar refractivity (Wildman–Crippen MR) is 77.8 cm³/mol. The lowest BCUT2D eigenvalue weighted by molar-refractivity contribution is 0.0805. The third-order valence-electron chi connectivity index (χ3n) is 4.37. The molecule has 2 rings (SSSR count). The van der Waals surface area contributed by atoms with Crippen LogP contribution in [0.4, 0.5) is 0 Å². The van der Waals surface area contributed by atoms with Crippen LogP contribution in [0, 0.1) is 5.92 Å². The van der Waals surface area contributed by atoms with E-state index in [1.165, 1.54) is 18.7 Å². The maximum atomic E-state index is 12.2. The van der Waals surface area contributed by atoms with E-state index >= 15 is 0 Å². The topological polar surface area (TPSA) is 78.1 Å². The van der Waals surface area contributed by atoms with Crippen molar-refractivity contribution in [2.24, 2.45) is 5.92 Å². The van der Waals surface area contributed by atoms with Crippen LogP contribution >= 0.6 is 0 Å². The second-order valence-electron chi connectivity index (χ2n) is 6.07. The molecular formula is C13H24N4O2S. The molecule has 6 nitrogen and oxygen atoms in total. The Morgan fingerprint density at radius 1 is 1.55 bits per heavy atom. The fourth-order valence-electron chi connectivity index (χ4n) is 3.06. The molecule has 7 heteroatoms. The molecule has 114 valence electrons. The minimum absolute atomic E-state index is 0.0925. The Balaban J connectivity index is 2.10. The first-order valence-electron chi connectivity index (χ1n) is 7.02. The normalized spacial score (nSPS) is 27.9. The molecular weight excluding hydrogens is 276 g/mol. The highest BCUT2D eigenvalue weighted by Gasteiger charge is 2.38. The number of aromatic nitrogens is 2. The van der Waals surface area contributed by atoms with Crippen molar-refractivity contribution in [3.8, 4) is 0 Å². The van der Waals surface area contributed by atoms with Crippen molar-refractivity contribution < 1.29 is 8.42 Å². The van der Waals surface area contributed by atoms with E-state index in [1.807, 2.05) is 14.1 Å². The van der Waals surface area contributed by atoms with E-state index in [-0.39, 0.29) is 10.6 Å². The van der Waals surface area contributed by atoms with Crippen molar-refractivity contribution in [3.05, 3.63) is 12.3 Å². The molecule has 2 unspecified atom stereocenters. The Hall–Kier alpha value is -0.920. The van der Waals surface area contributed by atoms with Gasteiger partial charge in [-0.15, -0.1) is 0 Å². The van der Waals surface area contributed by atoms with E-state index in [0.717, 1.165) is 19.3 Å². The molecule has 1 heterocycles. The fraction of sp³-hybridized carbons (Fsp3) is 0.769. The van der Waals surface area contributed by atoms with Gasteiger partial charge in [0.25, 0.3) is 10.0 Å². The molecule has 0 aromatic carbocycles. The number of H-pyrrole nitrogens is 1. The molecule has 1 aromatic rings. The number of nitrogens with one attached hydrogen (secondary N) is 2. The first kappa shape index (κ1) is 15.5. The predicted octanol–water partition coefficient (Wildman–Crippen LogP) is 1.20. The summed E-state index contributed by atoms with van der Waals surface area (Å²) in [6.45, 7) is 2.67. The van der Waals surface area contributed by atoms with Crippen molar-refractivity contribution >= 4 is 10.0 Å². The molecule has 0 aliphatic heterocycles. The van der Waals surface area contributed by atoms with Gasteiger partial charge >= 0.3 is 0 Å². The second-order valence-corrected chi connectivity index (χ2v) is 7.80. The van der Waals surface area contributed by atoms with Gasteiger partial charge in [0.15, 0.2) is 5.03 Å². The molecule has 0 bridgehead atoms. The van der Waals surface area contributed by atoms with Crippen LogP contribution in [0.2, 0.25) is 0 Å². The van der Waals surface area contributed by atoms with Crippen molar-refractivity contribution in [2.75, 3.05) is 20.6 Å². The molecule has 2 N–H and O–H groups in total. The first-order chi connectivity index (χ1) is 9.36. The summed E-state index contributed by atoms with van der Waals surface area (Å²) in [5, 5.41) is 6.32. The van der Waals surface area contributed by atoms with E-state index < -0.39 is 10.0 Å². The summed E-state index contributed by atoms with van der Waals surface area (Å²) in [5.41, 5.74) is -0.0925. The number of nitrogens with zero attached hydrogens (tertiary/aromatic N) is 2. The Labute approximate surface area is 121 Å². The number of likely N-dealkylation sites (N-methyl/N-ethyl adjacent to an activating group) is 1. The highest BCUT2D eigenvalue weighted by atomic mass is 32.2. The highest BCUT2D eigenvalue weighted by molar-refractivity contribution is 7.89. The van der Waals surface area contributed by atoms with Gasteiger partial charge in [0.05, 0.1) is 6.20 Å². The monoisotopic (exact) mass is 300 g/mol. The summed E-state index contributed by atoms with van der Waals surface area (Å²) in [4.78, 5) is 2.16. The van der Waals surface area contributed by atoms with E-state index in [9.17, 15) is 8.42 Å². The third kappa shape index (κ3) is 3.21. The molecule has 1 aliphatic carbocycles. The molecule has 1 aromatic heterocycles. The van der Waals surface area contributed by atoms with Crippen molar-refractivity contribution in [1.82, 2.24) is 19.8 Å². The summed E-state index contributed by atoms with van der Waals surface area (Å²) in [7, 11) is 0.560. The van der Waals surface area contributed by atoms with Gasteiger partial charge in [-0.25, -0.2) is 13.1 Å². The van der Waals surface area contributed by atoms with Crippen molar-refractivity contribution in [2.45, 2.75) is 43.2 Å². The van der Waals surface area contributed by atoms with E-state index in [2.05, 4.69) is 26.7 Å². The van der Waals surface area contributed by atoms with Gasteiger partial charge in [-0.3, -0.25) is 5.10 Å². The number of hydrogen-bond donors (Lipinski definition) is 2. The lowest BCUT2D eigenvalue weighted by Crippen LogP contribution is -2.55. The van der Waals surface area contributed by atoms with E-state index in [1.54, 1.807) is 0 Å². The lowest BCUT2D eigenvalue weighted by atomic mass is 9.75. The standard InChI is InChI=1S/C13H24N4O2S/c1-11-5-4-7-13(9-11,17(2)3)10-15-20(18,19)12-6-8-14-16-12/h6,8,11,15H,4-5,7,9-10H2,1-3H3,(H,14,16). The zero-order chi connectivity index (χ0) is 14.8. The third-order valence-corrected chi connectivity index (χ3v) is 5.70. The highest BCUT2D eigenvalue weighted by Crippen LogP contribution is 2.35. The van der Waals surface area contributed by atoms with Gasteiger partial charge in [-0.2, -0.15) is 5.10 Å². The average Bonchev–Trinajstić information content (AvgIpc) is 2.91. The van der Waals surface area contributed by atoms with Crippen LogP contribution in [0.5, 0.6) is 0 Å². The van der Waals surface area contributed by atoms with Gasteiger partial charge in [0.2, 0.25) is 0 Å². The molecule has 1 fully saturated rings. The number of hydrogen-bond acceptors (Lipinski definition) is 4. The zero-order valence-corrected chi connectivity index (χ0v) is 13.2. The molecule has 1 saturated carbocycles. The Morgan fingerprint density at radius 3 is 2.85 bits per heavy atom. The van der Waals surface area contributed by atoms with Crippen LogP contribution in [0.3, 0.4) is 0 Å². The SMILES string of the molecule is CC1CCCC(CNS(=O)(=O)c2ccn[nH]2)(N(C)C)C1. The first-order valence-corrected chi connectivity index (χ1v) is 8.50. The van der Waals surface area contributed by atoms with E-state index in [0.29, 0.717) is 12.5 Å². The van der Waals surface area contributed by atoms with E-state index in [4.69, 9.17) is 0 Å². The quantitative estimate of drug-likeness (QED) is 0.856. The van der Waals surface area contributed by atoms with Crippen LogP contribution in [0.1, 0.15) is 32.6 Å². The fourth-order valence-corrected chi connectivity index (χ4v) is 4.08. The average molecular weight is 300 g/mol. The molecule has 0 radical (unpaired) electrons. The molecule has 0 saturated heterocycles. The Morgan fingerprint density at radius 2 is 2.30 bits per heavy atom. The van der Waals surface area contributed by atoms with Gasteiger partial charge in [-0.1, -0.05) is 19.8 Å². The van der Waals surface area contributed by atoms with Crippen LogP contribution in [0.25, 0.3) is 0 Å². The van der Waals surface area contributed by atoms with Crippen LogP contribution in [0.15, 0.2) is 17.3 Å². The maximum Gasteiger partial charge on any atom is 0.257 e. The lowest BCUT2D eigenvalue weighted by Gasteiger charge is -2.45. The summed E-state index contributed by atoms with van der Waals surface area (Å²) >= 11 is 0. The van der Waals surface area contributed by atoms with Crippen LogP contribution in [-0.2, 0) is 10.0 Å². The summed E-state index contributed by atoms with van der Waals surface area (Å²) in [5.74, 6) is 0.628. The minimum atomic E-state index is -3.50. The maximum absolute atomic E-state index is 12.2. The smallest absolute Gasteiger partial charge is 0.257 e. The van der Waals surface area contributed by atoms with Gasteiger partial charge in [0.1, 0.15) is 0 Å². The van der Waals surface area contributed by atoms with Gasteiger partial charge in [-0.05, 0) is 38.9 Å². The number of aromatic amines is 1. The largest absolute Gasteiger partial charge is 0.302 e. The van der Waals surface area contributed by atoms with Gasteiger partial charge in [0, 0.05) is 12.1 Å².